The molecule has 0 spiro atoms. The lowest BCUT2D eigenvalue weighted by Gasteiger charge is -2.16. The fourth-order valence-electron chi connectivity index (χ4n) is 3.46. The van der Waals surface area contributed by atoms with Crippen molar-refractivity contribution in [3.05, 3.63) is 56.9 Å². The average molecular weight is 441 g/mol. The first-order valence-corrected chi connectivity index (χ1v) is 11.2. The molecule has 0 aliphatic rings. The third kappa shape index (κ3) is 6.21. The molecule has 0 unspecified atom stereocenters. The number of nitriles is 1. The summed E-state index contributed by atoms with van der Waals surface area (Å²) >= 11 is 0. The van der Waals surface area contributed by atoms with Crippen molar-refractivity contribution >= 4 is 5.78 Å². The molecule has 1 N–H and O–H groups in total. The molecule has 0 bridgehead atoms. The largest absolute Gasteiger partial charge is 0.494 e. The smallest absolute Gasteiger partial charge is 0.271 e. The first kappa shape index (κ1) is 25.2. The summed E-state index contributed by atoms with van der Waals surface area (Å²) in [5, 5.41) is 20.2. The minimum Gasteiger partial charge on any atom is -0.494 e. The summed E-state index contributed by atoms with van der Waals surface area (Å²) in [6, 6.07) is 8.55. The molecule has 0 amide bonds. The van der Waals surface area contributed by atoms with Crippen LogP contribution in [0.4, 0.5) is 0 Å². The van der Waals surface area contributed by atoms with Gasteiger partial charge in [0.15, 0.2) is 5.78 Å². The van der Waals surface area contributed by atoms with Gasteiger partial charge in [-0.25, -0.2) is 0 Å². The molecule has 1 aromatic heterocycles. The molecule has 172 valence electrons. The topological polar surface area (TPSA) is 102 Å². The van der Waals surface area contributed by atoms with Crippen LogP contribution in [-0.4, -0.2) is 35.3 Å². The fourth-order valence-corrected chi connectivity index (χ4v) is 3.46. The molecule has 2 rings (SSSR count). The molecule has 2 aromatic rings. The van der Waals surface area contributed by atoms with E-state index in [1.54, 1.807) is 24.3 Å². The van der Waals surface area contributed by atoms with Gasteiger partial charge < -0.3 is 14.6 Å². The lowest BCUT2D eigenvalue weighted by atomic mass is 9.97. The summed E-state index contributed by atoms with van der Waals surface area (Å²) in [6.45, 7) is 7.23. The quantitative estimate of drug-likeness (QED) is 0.367. The molecule has 7 nitrogen and oxygen atoms in total. The van der Waals surface area contributed by atoms with Crippen LogP contribution < -0.4 is 10.3 Å². The Hall–Kier alpha value is -3.11. The van der Waals surface area contributed by atoms with Gasteiger partial charge in [0.2, 0.25) is 5.88 Å². The van der Waals surface area contributed by atoms with Gasteiger partial charge in [0.1, 0.15) is 17.4 Å². The number of ketones is 1. The molecule has 0 aliphatic carbocycles. The molecule has 0 aliphatic heterocycles. The number of aromatic hydroxyl groups is 1. The van der Waals surface area contributed by atoms with Gasteiger partial charge in [-0.15, -0.1) is 0 Å². The Morgan fingerprint density at radius 1 is 1.09 bits per heavy atom. The number of pyridine rings is 1. The number of carbonyl (C=O) groups is 1. The molecule has 1 aromatic carbocycles. The van der Waals surface area contributed by atoms with Crippen molar-refractivity contribution in [3.63, 3.8) is 0 Å². The third-order valence-corrected chi connectivity index (χ3v) is 5.28. The van der Waals surface area contributed by atoms with Gasteiger partial charge in [0.25, 0.3) is 5.56 Å². The van der Waals surface area contributed by atoms with Gasteiger partial charge in [-0.1, -0.05) is 26.2 Å². The standard InChI is InChI=1S/C25H32N2O5/c1-4-6-7-8-16-32-20-12-10-19(11-13-20)23(28)22-18(3)21(17-26)24(29)27(25(22)30)14-9-15-31-5-2/h10-13,30H,4-9,14-16H2,1-3H3. The van der Waals surface area contributed by atoms with Crippen LogP contribution in [0, 0.1) is 18.3 Å². The molecule has 0 fully saturated rings. The van der Waals surface area contributed by atoms with Crippen LogP contribution in [-0.2, 0) is 11.3 Å². The predicted molar refractivity (Wildman–Crippen MR) is 122 cm³/mol. The van der Waals surface area contributed by atoms with E-state index in [1.807, 2.05) is 13.0 Å². The molecule has 0 saturated heterocycles. The number of rotatable bonds is 13. The molecule has 0 saturated carbocycles. The minimum absolute atomic E-state index is 0.0363. The summed E-state index contributed by atoms with van der Waals surface area (Å²) < 4.78 is 12.1. The molecule has 7 heteroatoms. The lowest BCUT2D eigenvalue weighted by Crippen LogP contribution is -2.27. The van der Waals surface area contributed by atoms with Crippen molar-refractivity contribution in [2.75, 3.05) is 19.8 Å². The second kappa shape index (κ2) is 12.7. The molecule has 0 atom stereocenters. The van der Waals surface area contributed by atoms with Crippen LogP contribution in [0.25, 0.3) is 0 Å². The van der Waals surface area contributed by atoms with Gasteiger partial charge >= 0.3 is 0 Å². The Labute approximate surface area is 189 Å². The number of carbonyl (C=O) groups excluding carboxylic acids is 1. The summed E-state index contributed by atoms with van der Waals surface area (Å²) in [5.74, 6) is -0.216. The summed E-state index contributed by atoms with van der Waals surface area (Å²) in [6.07, 6.45) is 4.90. The average Bonchev–Trinajstić information content (AvgIpc) is 2.79. The predicted octanol–water partition coefficient (Wildman–Crippen LogP) is 4.35. The van der Waals surface area contributed by atoms with Crippen LogP contribution in [0.15, 0.2) is 29.1 Å². The van der Waals surface area contributed by atoms with E-state index in [1.165, 1.54) is 13.3 Å². The number of benzene rings is 1. The second-order valence-corrected chi connectivity index (χ2v) is 7.58. The normalized spacial score (nSPS) is 10.7. The van der Waals surface area contributed by atoms with Crippen molar-refractivity contribution in [2.45, 2.75) is 59.4 Å². The highest BCUT2D eigenvalue weighted by Gasteiger charge is 2.24. The van der Waals surface area contributed by atoms with Crippen molar-refractivity contribution in [3.8, 4) is 17.7 Å². The van der Waals surface area contributed by atoms with Crippen molar-refractivity contribution < 1.29 is 19.4 Å². The van der Waals surface area contributed by atoms with Gasteiger partial charge in [-0.2, -0.15) is 5.26 Å². The van der Waals surface area contributed by atoms with E-state index in [4.69, 9.17) is 9.47 Å². The van der Waals surface area contributed by atoms with Crippen molar-refractivity contribution in [1.82, 2.24) is 4.57 Å². The zero-order chi connectivity index (χ0) is 23.5. The molecular formula is C25H32N2O5. The molecule has 32 heavy (non-hydrogen) atoms. The Balaban J connectivity index is 2.26. The first-order valence-electron chi connectivity index (χ1n) is 11.2. The Kier molecular flexibility index (Phi) is 9.96. The Morgan fingerprint density at radius 3 is 2.44 bits per heavy atom. The van der Waals surface area contributed by atoms with Crippen LogP contribution in [0.2, 0.25) is 0 Å². The fraction of sp³-hybridized carbons (Fsp3) is 0.480. The maximum Gasteiger partial charge on any atom is 0.271 e. The number of nitrogens with zero attached hydrogens (tertiary/aromatic N) is 2. The summed E-state index contributed by atoms with van der Waals surface area (Å²) in [4.78, 5) is 25.8. The van der Waals surface area contributed by atoms with Gasteiger partial charge in [0.05, 0.1) is 12.2 Å². The summed E-state index contributed by atoms with van der Waals surface area (Å²) in [7, 11) is 0. The maximum absolute atomic E-state index is 13.2. The summed E-state index contributed by atoms with van der Waals surface area (Å²) in [5.41, 5.74) is -0.273. The monoisotopic (exact) mass is 440 g/mol. The van der Waals surface area contributed by atoms with E-state index in [2.05, 4.69) is 6.92 Å². The van der Waals surface area contributed by atoms with E-state index in [-0.39, 0.29) is 23.2 Å². The highest BCUT2D eigenvalue weighted by atomic mass is 16.5. The highest BCUT2D eigenvalue weighted by molar-refractivity contribution is 6.11. The van der Waals surface area contributed by atoms with Gasteiger partial charge in [-0.05, 0) is 56.5 Å². The van der Waals surface area contributed by atoms with E-state index in [9.17, 15) is 20.0 Å². The number of aromatic nitrogens is 1. The maximum atomic E-state index is 13.2. The molecule has 1 heterocycles. The van der Waals surface area contributed by atoms with Crippen LogP contribution in [0.3, 0.4) is 0 Å². The zero-order valence-corrected chi connectivity index (χ0v) is 19.1. The van der Waals surface area contributed by atoms with Crippen LogP contribution >= 0.6 is 0 Å². The highest BCUT2D eigenvalue weighted by Crippen LogP contribution is 2.26. The minimum atomic E-state index is -0.609. The Bertz CT molecular complexity index is 1000. The van der Waals surface area contributed by atoms with E-state index >= 15 is 0 Å². The van der Waals surface area contributed by atoms with E-state index in [0.29, 0.717) is 37.6 Å². The third-order valence-electron chi connectivity index (χ3n) is 5.28. The molecule has 0 radical (unpaired) electrons. The zero-order valence-electron chi connectivity index (χ0n) is 19.1. The van der Waals surface area contributed by atoms with Gasteiger partial charge in [-0.3, -0.25) is 14.2 Å². The van der Waals surface area contributed by atoms with Crippen LogP contribution in [0.1, 0.15) is 73.0 Å². The number of hydrogen-bond acceptors (Lipinski definition) is 6. The van der Waals surface area contributed by atoms with Gasteiger partial charge in [0, 0.05) is 25.3 Å². The van der Waals surface area contributed by atoms with Crippen molar-refractivity contribution in [1.29, 1.82) is 5.26 Å². The number of ether oxygens (including phenoxy) is 2. The number of hydrogen-bond donors (Lipinski definition) is 1. The molecular weight excluding hydrogens is 408 g/mol. The Morgan fingerprint density at radius 2 is 1.81 bits per heavy atom. The number of unbranched alkanes of at least 4 members (excludes halogenated alkanes) is 3. The second-order valence-electron chi connectivity index (χ2n) is 7.58. The SMILES string of the molecule is CCCCCCOc1ccc(C(=O)c2c(C)c(C#N)c(=O)n(CCCOCC)c2O)cc1. The van der Waals surface area contributed by atoms with Crippen molar-refractivity contribution in [2.24, 2.45) is 0 Å². The van der Waals surface area contributed by atoms with E-state index in [0.717, 1.165) is 23.8 Å². The van der Waals surface area contributed by atoms with Crippen LogP contribution in [0.5, 0.6) is 11.6 Å². The lowest BCUT2D eigenvalue weighted by molar-refractivity contribution is 0.103. The first-order chi connectivity index (χ1) is 15.5. The van der Waals surface area contributed by atoms with E-state index < -0.39 is 17.2 Å².